The summed E-state index contributed by atoms with van der Waals surface area (Å²) in [4.78, 5) is 0. The van der Waals surface area contributed by atoms with Crippen LogP contribution in [0.15, 0.2) is 12.1 Å². The van der Waals surface area contributed by atoms with Crippen LogP contribution in [0.2, 0.25) is 0 Å². The molecule has 11 heavy (non-hydrogen) atoms. The molecule has 0 aliphatic rings. The molecule has 1 atom stereocenters. The summed E-state index contributed by atoms with van der Waals surface area (Å²) in [6, 6.07) is 4.40. The van der Waals surface area contributed by atoms with Crippen LogP contribution in [0.3, 0.4) is 0 Å². The molecule has 0 saturated carbocycles. The summed E-state index contributed by atoms with van der Waals surface area (Å²) in [7, 11) is 0. The van der Waals surface area contributed by atoms with Crippen LogP contribution in [0.25, 0.3) is 0 Å². The number of hydrogen-bond donors (Lipinski definition) is 0. The van der Waals surface area contributed by atoms with Crippen LogP contribution < -0.4 is 4.35 Å². The summed E-state index contributed by atoms with van der Waals surface area (Å²) in [6.45, 7) is 6.54. The Morgan fingerprint density at radius 1 is 1.00 bits per heavy atom. The Bertz CT molecular complexity index is 229. The van der Waals surface area contributed by atoms with E-state index in [4.69, 9.17) is 0 Å². The molecular formula is C9H15AsO. The second-order valence-corrected chi connectivity index (χ2v) is 4.03. The van der Waals surface area contributed by atoms with E-state index >= 15 is 0 Å². The van der Waals surface area contributed by atoms with E-state index in [2.05, 4.69) is 32.9 Å². The van der Waals surface area contributed by atoms with E-state index in [1.807, 2.05) is 0 Å². The van der Waals surface area contributed by atoms with Gasteiger partial charge in [-0.25, -0.2) is 0 Å². The number of hydrogen-bond acceptors (Lipinski definition) is 0. The quantitative estimate of drug-likeness (QED) is 0.546. The van der Waals surface area contributed by atoms with Crippen molar-refractivity contribution >= 4 is 21.2 Å². The van der Waals surface area contributed by atoms with Crippen molar-refractivity contribution in [2.75, 3.05) is 0 Å². The monoisotopic (exact) mass is 214 g/mol. The molecule has 1 rings (SSSR count). The molecule has 0 spiro atoms. The maximum Gasteiger partial charge on any atom is -0.412 e. The molecule has 0 saturated heterocycles. The van der Waals surface area contributed by atoms with Crippen molar-refractivity contribution in [2.24, 2.45) is 0 Å². The Morgan fingerprint density at radius 3 is 2.00 bits per heavy atom. The molecular weight excluding hydrogens is 199 g/mol. The van der Waals surface area contributed by atoms with E-state index in [1.54, 1.807) is 16.9 Å². The Hall–Kier alpha value is -0.262. The van der Waals surface area contributed by atoms with Gasteiger partial charge in [-0.05, 0) is 0 Å². The summed E-state index contributed by atoms with van der Waals surface area (Å²) >= 11 is 1.71. The molecule has 0 aliphatic carbocycles. The minimum atomic E-state index is 0. The minimum absolute atomic E-state index is 0. The zero-order chi connectivity index (χ0) is 7.72. The zero-order valence-electron chi connectivity index (χ0n) is 7.23. The van der Waals surface area contributed by atoms with Crippen LogP contribution in [-0.2, 0) is 0 Å². The van der Waals surface area contributed by atoms with E-state index < -0.39 is 0 Å². The number of benzene rings is 1. The Labute approximate surface area is 76.6 Å². The summed E-state index contributed by atoms with van der Waals surface area (Å²) in [6.07, 6.45) is 0. The van der Waals surface area contributed by atoms with Crippen molar-refractivity contribution in [2.45, 2.75) is 20.8 Å². The fourth-order valence-corrected chi connectivity index (χ4v) is 1.63. The molecule has 1 aromatic rings. The molecule has 0 heterocycles. The van der Waals surface area contributed by atoms with Gasteiger partial charge < -0.3 is 5.48 Å². The maximum atomic E-state index is 2.21. The Kier molecular flexibility index (Phi) is 3.85. The fraction of sp³-hybridized carbons (Fsp3) is 0.333. The predicted octanol–water partition coefficient (Wildman–Crippen LogP) is 0.0456. The maximum absolute atomic E-state index is 2.21. The van der Waals surface area contributed by atoms with Gasteiger partial charge in [-0.1, -0.05) is 0 Å². The number of aryl methyl sites for hydroxylation is 1. The third-order valence-electron chi connectivity index (χ3n) is 2.10. The molecule has 62 valence electrons. The molecule has 0 fully saturated rings. The predicted molar refractivity (Wildman–Crippen MR) is 52.4 cm³/mol. The van der Waals surface area contributed by atoms with E-state index in [9.17, 15) is 0 Å². The van der Waals surface area contributed by atoms with Crippen LogP contribution in [-0.4, -0.2) is 22.3 Å². The molecule has 0 aromatic heterocycles. The van der Waals surface area contributed by atoms with Gasteiger partial charge in [0.15, 0.2) is 0 Å². The van der Waals surface area contributed by atoms with Crippen LogP contribution in [0.4, 0.5) is 0 Å². The van der Waals surface area contributed by atoms with Crippen molar-refractivity contribution < 1.29 is 5.48 Å². The second-order valence-electron chi connectivity index (χ2n) is 2.72. The number of rotatable bonds is 0. The zero-order valence-corrected chi connectivity index (χ0v) is 9.65. The Morgan fingerprint density at radius 2 is 1.55 bits per heavy atom. The average Bonchev–Trinajstić information content (AvgIpc) is 1.93. The van der Waals surface area contributed by atoms with E-state index in [0.29, 0.717) is 0 Å². The molecule has 1 unspecified atom stereocenters. The summed E-state index contributed by atoms with van der Waals surface area (Å²) < 4.78 is 1.45. The van der Waals surface area contributed by atoms with Gasteiger partial charge in [0.25, 0.3) is 0 Å². The molecule has 0 aliphatic heterocycles. The second kappa shape index (κ2) is 3.94. The van der Waals surface area contributed by atoms with Gasteiger partial charge in [-0.15, -0.1) is 0 Å². The molecule has 0 bridgehead atoms. The molecule has 1 aromatic carbocycles. The molecule has 2 N–H and O–H groups in total. The largest absolute Gasteiger partial charge is 0.412 e. The van der Waals surface area contributed by atoms with Crippen molar-refractivity contribution in [3.05, 3.63) is 28.8 Å². The molecule has 0 amide bonds. The fourth-order valence-electron chi connectivity index (χ4n) is 0.977. The third-order valence-corrected chi connectivity index (χ3v) is 3.41. The average molecular weight is 214 g/mol. The Balaban J connectivity index is 0.000001000. The van der Waals surface area contributed by atoms with Crippen LogP contribution in [0, 0.1) is 20.8 Å². The SMILES string of the molecule is Cc1ccc([AsH2])c(C)c1C.O. The summed E-state index contributed by atoms with van der Waals surface area (Å²) in [5.41, 5.74) is 4.31. The van der Waals surface area contributed by atoms with E-state index in [-0.39, 0.29) is 5.48 Å². The van der Waals surface area contributed by atoms with Crippen LogP contribution in [0.1, 0.15) is 16.7 Å². The normalized spacial score (nSPS) is 9.09. The van der Waals surface area contributed by atoms with Gasteiger partial charge in [-0.3, -0.25) is 0 Å². The van der Waals surface area contributed by atoms with Crippen molar-refractivity contribution in [3.8, 4) is 0 Å². The first-order valence-corrected chi connectivity index (χ1v) is 4.66. The third kappa shape index (κ3) is 2.08. The van der Waals surface area contributed by atoms with E-state index in [1.165, 1.54) is 21.0 Å². The summed E-state index contributed by atoms with van der Waals surface area (Å²) in [5, 5.41) is 0. The van der Waals surface area contributed by atoms with Gasteiger partial charge in [0.1, 0.15) is 0 Å². The van der Waals surface area contributed by atoms with Crippen LogP contribution >= 0.6 is 0 Å². The molecule has 0 radical (unpaired) electrons. The van der Waals surface area contributed by atoms with Gasteiger partial charge in [0, 0.05) is 0 Å². The van der Waals surface area contributed by atoms with Crippen molar-refractivity contribution in [1.82, 2.24) is 0 Å². The first-order chi connectivity index (χ1) is 4.63. The van der Waals surface area contributed by atoms with Gasteiger partial charge in [0.05, 0.1) is 0 Å². The first kappa shape index (κ1) is 10.7. The van der Waals surface area contributed by atoms with E-state index in [0.717, 1.165) is 0 Å². The van der Waals surface area contributed by atoms with Crippen molar-refractivity contribution in [1.29, 1.82) is 0 Å². The standard InChI is InChI=1S/C9H13As.H2O/c1-6-4-5-9(10)8(3)7(6)2;/h4-5H,10H2,1-3H3;1H2. The van der Waals surface area contributed by atoms with Gasteiger partial charge in [0.2, 0.25) is 0 Å². The molecule has 2 heteroatoms. The topological polar surface area (TPSA) is 31.5 Å². The van der Waals surface area contributed by atoms with Crippen molar-refractivity contribution in [3.63, 3.8) is 0 Å². The molecule has 1 nitrogen and oxygen atoms in total. The van der Waals surface area contributed by atoms with Gasteiger partial charge in [-0.2, -0.15) is 0 Å². The first-order valence-electron chi connectivity index (χ1n) is 3.45. The van der Waals surface area contributed by atoms with Gasteiger partial charge >= 0.3 is 70.8 Å². The summed E-state index contributed by atoms with van der Waals surface area (Å²) in [5.74, 6) is 0. The smallest absolute Gasteiger partial charge is 0.412 e. The minimum Gasteiger partial charge on any atom is -0.412 e. The van der Waals surface area contributed by atoms with Crippen LogP contribution in [0.5, 0.6) is 0 Å².